The molecule has 0 unspecified atom stereocenters. The molecule has 0 spiro atoms. The van der Waals surface area contributed by atoms with Crippen LogP contribution in [0.3, 0.4) is 0 Å². The molecule has 136 valence electrons. The van der Waals surface area contributed by atoms with Gasteiger partial charge in [-0.3, -0.25) is 0 Å². The number of para-hydroxylation sites is 1. The molecule has 0 aliphatic rings. The second kappa shape index (κ2) is 7.89. The Labute approximate surface area is 150 Å². The van der Waals surface area contributed by atoms with Gasteiger partial charge in [0.1, 0.15) is 11.5 Å². The average Bonchev–Trinajstić information content (AvgIpc) is 2.60. The van der Waals surface area contributed by atoms with Crippen molar-refractivity contribution in [1.82, 2.24) is 4.72 Å². The average molecular weight is 363 g/mol. The Balaban J connectivity index is 2.34. The number of benzene rings is 2. The third kappa shape index (κ3) is 4.32. The maximum atomic E-state index is 12.8. The van der Waals surface area contributed by atoms with E-state index < -0.39 is 16.1 Å². The first-order valence-corrected chi connectivity index (χ1v) is 9.61. The zero-order chi connectivity index (χ0) is 18.6. The van der Waals surface area contributed by atoms with E-state index in [9.17, 15) is 8.42 Å². The summed E-state index contributed by atoms with van der Waals surface area (Å²) in [5, 5.41) is 0. The van der Waals surface area contributed by atoms with Crippen molar-refractivity contribution < 1.29 is 17.9 Å². The molecule has 2 aromatic rings. The predicted molar refractivity (Wildman–Crippen MR) is 98.8 cm³/mol. The molecule has 0 aromatic heterocycles. The van der Waals surface area contributed by atoms with Crippen molar-refractivity contribution in [3.05, 3.63) is 53.6 Å². The highest BCUT2D eigenvalue weighted by molar-refractivity contribution is 7.89. The van der Waals surface area contributed by atoms with E-state index in [1.807, 2.05) is 38.1 Å². The SMILES string of the molecule is COc1ccc(S(=O)(=O)N[C@@H](C)c2ccccc2OC)cc1C(C)C. The van der Waals surface area contributed by atoms with E-state index in [1.54, 1.807) is 39.3 Å². The molecule has 0 fully saturated rings. The topological polar surface area (TPSA) is 64.6 Å². The molecular formula is C19H25NO4S. The van der Waals surface area contributed by atoms with Gasteiger partial charge in [-0.1, -0.05) is 32.0 Å². The standard InChI is InChI=1S/C19H25NO4S/c1-13(2)17-12-15(10-11-19(17)24-5)25(21,22)20-14(3)16-8-6-7-9-18(16)23-4/h6-14,20H,1-5H3/t14-/m0/s1. The van der Waals surface area contributed by atoms with Crippen LogP contribution in [0.1, 0.15) is 43.9 Å². The summed E-state index contributed by atoms with van der Waals surface area (Å²) < 4.78 is 39.0. The van der Waals surface area contributed by atoms with Gasteiger partial charge in [0.25, 0.3) is 0 Å². The van der Waals surface area contributed by atoms with Crippen LogP contribution in [0.2, 0.25) is 0 Å². The summed E-state index contributed by atoms with van der Waals surface area (Å²) in [6, 6.07) is 11.9. The molecule has 6 heteroatoms. The molecule has 2 aromatic carbocycles. The lowest BCUT2D eigenvalue weighted by Crippen LogP contribution is -2.27. The number of hydrogen-bond acceptors (Lipinski definition) is 4. The van der Waals surface area contributed by atoms with Crippen LogP contribution in [0, 0.1) is 0 Å². The highest BCUT2D eigenvalue weighted by Gasteiger charge is 2.22. The Morgan fingerprint density at radius 1 is 0.880 bits per heavy atom. The zero-order valence-electron chi connectivity index (χ0n) is 15.2. The van der Waals surface area contributed by atoms with Crippen LogP contribution in [-0.2, 0) is 10.0 Å². The van der Waals surface area contributed by atoms with Crippen LogP contribution in [0.25, 0.3) is 0 Å². The van der Waals surface area contributed by atoms with Crippen molar-refractivity contribution in [1.29, 1.82) is 0 Å². The monoisotopic (exact) mass is 363 g/mol. The molecule has 25 heavy (non-hydrogen) atoms. The minimum Gasteiger partial charge on any atom is -0.496 e. The van der Waals surface area contributed by atoms with Gasteiger partial charge in [-0.05, 0) is 42.7 Å². The van der Waals surface area contributed by atoms with Crippen LogP contribution in [-0.4, -0.2) is 22.6 Å². The molecule has 2 rings (SSSR count). The minimum atomic E-state index is -3.67. The Morgan fingerprint density at radius 2 is 1.48 bits per heavy atom. The van der Waals surface area contributed by atoms with Gasteiger partial charge in [0, 0.05) is 11.6 Å². The van der Waals surface area contributed by atoms with Crippen molar-refractivity contribution >= 4 is 10.0 Å². The second-order valence-electron chi connectivity index (χ2n) is 6.14. The van der Waals surface area contributed by atoms with E-state index in [4.69, 9.17) is 9.47 Å². The lowest BCUT2D eigenvalue weighted by atomic mass is 10.0. The number of hydrogen-bond donors (Lipinski definition) is 1. The maximum absolute atomic E-state index is 12.8. The molecule has 0 saturated carbocycles. The molecule has 0 aliphatic heterocycles. The van der Waals surface area contributed by atoms with Gasteiger partial charge >= 0.3 is 0 Å². The van der Waals surface area contributed by atoms with E-state index in [-0.39, 0.29) is 10.8 Å². The number of sulfonamides is 1. The van der Waals surface area contributed by atoms with Gasteiger partial charge < -0.3 is 9.47 Å². The van der Waals surface area contributed by atoms with Gasteiger partial charge in [0.15, 0.2) is 0 Å². The van der Waals surface area contributed by atoms with E-state index in [2.05, 4.69) is 4.72 Å². The van der Waals surface area contributed by atoms with Crippen molar-refractivity contribution in [3.8, 4) is 11.5 Å². The smallest absolute Gasteiger partial charge is 0.241 e. The fourth-order valence-corrected chi connectivity index (χ4v) is 3.98. The summed E-state index contributed by atoms with van der Waals surface area (Å²) in [5.74, 6) is 1.48. The van der Waals surface area contributed by atoms with Crippen LogP contribution in [0.5, 0.6) is 11.5 Å². The Bertz CT molecular complexity index is 831. The summed E-state index contributed by atoms with van der Waals surface area (Å²) in [6.45, 7) is 5.79. The van der Waals surface area contributed by atoms with Gasteiger partial charge in [0.05, 0.1) is 19.1 Å². The molecular weight excluding hydrogens is 338 g/mol. The van der Waals surface area contributed by atoms with Crippen molar-refractivity contribution in [2.75, 3.05) is 14.2 Å². The van der Waals surface area contributed by atoms with Crippen molar-refractivity contribution in [2.45, 2.75) is 37.6 Å². The summed E-state index contributed by atoms with van der Waals surface area (Å²) >= 11 is 0. The summed E-state index contributed by atoms with van der Waals surface area (Å²) in [6.07, 6.45) is 0. The molecule has 1 atom stereocenters. The Morgan fingerprint density at radius 3 is 2.08 bits per heavy atom. The number of rotatable bonds is 7. The molecule has 0 radical (unpaired) electrons. The fourth-order valence-electron chi connectivity index (χ4n) is 2.72. The van der Waals surface area contributed by atoms with E-state index >= 15 is 0 Å². The summed E-state index contributed by atoms with van der Waals surface area (Å²) in [7, 11) is -0.526. The first kappa shape index (κ1) is 19.3. The molecule has 1 N–H and O–H groups in total. The van der Waals surface area contributed by atoms with Crippen LogP contribution in [0.15, 0.2) is 47.4 Å². The van der Waals surface area contributed by atoms with Gasteiger partial charge in [-0.15, -0.1) is 0 Å². The Hall–Kier alpha value is -2.05. The number of ether oxygens (including phenoxy) is 2. The van der Waals surface area contributed by atoms with Crippen LogP contribution in [0.4, 0.5) is 0 Å². The summed E-state index contributed by atoms with van der Waals surface area (Å²) in [5.41, 5.74) is 1.64. The fraction of sp³-hybridized carbons (Fsp3) is 0.368. The predicted octanol–water partition coefficient (Wildman–Crippen LogP) is 3.87. The third-order valence-electron chi connectivity index (χ3n) is 4.07. The van der Waals surface area contributed by atoms with Crippen molar-refractivity contribution in [3.63, 3.8) is 0 Å². The van der Waals surface area contributed by atoms with E-state index in [0.29, 0.717) is 11.5 Å². The van der Waals surface area contributed by atoms with Gasteiger partial charge in [-0.25, -0.2) is 13.1 Å². The highest BCUT2D eigenvalue weighted by Crippen LogP contribution is 2.30. The maximum Gasteiger partial charge on any atom is 0.241 e. The largest absolute Gasteiger partial charge is 0.496 e. The molecule has 0 bridgehead atoms. The van der Waals surface area contributed by atoms with Crippen molar-refractivity contribution in [2.24, 2.45) is 0 Å². The van der Waals surface area contributed by atoms with Gasteiger partial charge in [0.2, 0.25) is 10.0 Å². The quantitative estimate of drug-likeness (QED) is 0.811. The third-order valence-corrected chi connectivity index (χ3v) is 5.61. The van der Waals surface area contributed by atoms with Gasteiger partial charge in [-0.2, -0.15) is 0 Å². The number of methoxy groups -OCH3 is 2. The van der Waals surface area contributed by atoms with Crippen LogP contribution >= 0.6 is 0 Å². The Kier molecular flexibility index (Phi) is 6.08. The zero-order valence-corrected chi connectivity index (χ0v) is 16.1. The minimum absolute atomic E-state index is 0.150. The van der Waals surface area contributed by atoms with Crippen LogP contribution < -0.4 is 14.2 Å². The summed E-state index contributed by atoms with van der Waals surface area (Å²) in [4.78, 5) is 0.221. The second-order valence-corrected chi connectivity index (χ2v) is 7.86. The normalized spacial score (nSPS) is 12.9. The molecule has 0 heterocycles. The highest BCUT2D eigenvalue weighted by atomic mass is 32.2. The number of nitrogens with one attached hydrogen (secondary N) is 1. The first-order valence-electron chi connectivity index (χ1n) is 8.13. The molecule has 0 amide bonds. The molecule has 0 aliphatic carbocycles. The first-order chi connectivity index (χ1) is 11.8. The van der Waals surface area contributed by atoms with E-state index in [1.165, 1.54) is 0 Å². The van der Waals surface area contributed by atoms with E-state index in [0.717, 1.165) is 11.1 Å². The molecule has 0 saturated heterocycles. The molecule has 5 nitrogen and oxygen atoms in total. The lowest BCUT2D eigenvalue weighted by molar-refractivity contribution is 0.405. The lowest BCUT2D eigenvalue weighted by Gasteiger charge is -2.18.